The summed E-state index contributed by atoms with van der Waals surface area (Å²) >= 11 is 0. The zero-order valence-corrected chi connectivity index (χ0v) is 21.4. The smallest absolute Gasteiger partial charge is 0.323 e. The molecule has 0 bridgehead atoms. The van der Waals surface area contributed by atoms with Crippen LogP contribution >= 0.6 is 0 Å². The molecule has 3 N–H and O–H groups in total. The van der Waals surface area contributed by atoms with E-state index in [1.165, 1.54) is 7.11 Å². The first-order valence-corrected chi connectivity index (χ1v) is 12.1. The molecule has 0 radical (unpaired) electrons. The van der Waals surface area contributed by atoms with Crippen LogP contribution in [-0.4, -0.2) is 57.2 Å². The number of hydrogen-bond donors (Lipinski definition) is 3. The van der Waals surface area contributed by atoms with Crippen LogP contribution in [0.4, 0.5) is 27.5 Å². The molecule has 3 aromatic rings. The van der Waals surface area contributed by atoms with Gasteiger partial charge in [0.25, 0.3) is 5.91 Å². The lowest BCUT2D eigenvalue weighted by Gasteiger charge is -2.19. The molecule has 0 heterocycles. The van der Waals surface area contributed by atoms with Gasteiger partial charge in [0, 0.05) is 49.0 Å². The summed E-state index contributed by atoms with van der Waals surface area (Å²) in [5.41, 5.74) is 3.67. The summed E-state index contributed by atoms with van der Waals surface area (Å²) < 4.78 is 5.40. The lowest BCUT2D eigenvalue weighted by atomic mass is 10.1. The molecule has 0 spiro atoms. The summed E-state index contributed by atoms with van der Waals surface area (Å²) in [6.45, 7) is 7.39. The number of methoxy groups -OCH3 is 1. The van der Waals surface area contributed by atoms with E-state index in [0.717, 1.165) is 31.0 Å². The molecule has 0 aliphatic rings. The Bertz CT molecular complexity index is 1130. The normalized spacial score (nSPS) is 10.6. The molecule has 3 rings (SSSR count). The summed E-state index contributed by atoms with van der Waals surface area (Å²) in [4.78, 5) is 29.5. The fourth-order valence-corrected chi connectivity index (χ4v) is 3.78. The van der Waals surface area contributed by atoms with Gasteiger partial charge in [0.05, 0.1) is 12.7 Å². The Morgan fingerprint density at radius 2 is 1.44 bits per heavy atom. The zero-order chi connectivity index (χ0) is 25.9. The SMILES string of the molecule is CCN(CC)CCNC(=O)c1ccc(NC(=O)Nc2ccc(N(C)c3ccccc3)cc2)cc1OC. The molecule has 0 saturated carbocycles. The van der Waals surface area contributed by atoms with E-state index >= 15 is 0 Å². The summed E-state index contributed by atoms with van der Waals surface area (Å²) in [7, 11) is 3.49. The van der Waals surface area contributed by atoms with Gasteiger partial charge in [0.2, 0.25) is 0 Å². The molecule has 0 unspecified atom stereocenters. The number of nitrogens with zero attached hydrogens (tertiary/aromatic N) is 2. The average molecular weight is 490 g/mol. The first-order chi connectivity index (χ1) is 17.4. The maximum atomic E-state index is 12.6. The molecular formula is C28H35N5O3. The maximum absolute atomic E-state index is 12.6. The number of rotatable bonds is 11. The van der Waals surface area contributed by atoms with Crippen molar-refractivity contribution >= 4 is 34.7 Å². The Hall–Kier alpha value is -4.04. The molecule has 8 heteroatoms. The minimum Gasteiger partial charge on any atom is -0.496 e. The second kappa shape index (κ2) is 13.2. The van der Waals surface area contributed by atoms with E-state index in [1.807, 2.05) is 61.6 Å². The van der Waals surface area contributed by atoms with E-state index in [4.69, 9.17) is 4.74 Å². The third-order valence-electron chi connectivity index (χ3n) is 5.97. The van der Waals surface area contributed by atoms with Gasteiger partial charge in [-0.2, -0.15) is 0 Å². The molecule has 0 fully saturated rings. The fourth-order valence-electron chi connectivity index (χ4n) is 3.78. The molecule has 36 heavy (non-hydrogen) atoms. The quantitative estimate of drug-likeness (QED) is 0.346. The molecule has 190 valence electrons. The summed E-state index contributed by atoms with van der Waals surface area (Å²) in [5, 5.41) is 8.54. The summed E-state index contributed by atoms with van der Waals surface area (Å²) in [6, 6.07) is 22.2. The van der Waals surface area contributed by atoms with Crippen molar-refractivity contribution in [3.8, 4) is 5.75 Å². The summed E-state index contributed by atoms with van der Waals surface area (Å²) in [6.07, 6.45) is 0. The van der Waals surface area contributed by atoms with E-state index in [0.29, 0.717) is 29.2 Å². The van der Waals surface area contributed by atoms with Crippen LogP contribution < -0.4 is 25.6 Å². The fraction of sp³-hybridized carbons (Fsp3) is 0.286. The molecule has 0 atom stereocenters. The Morgan fingerprint density at radius 1 is 0.833 bits per heavy atom. The second-order valence-electron chi connectivity index (χ2n) is 8.22. The van der Waals surface area contributed by atoms with Crippen LogP contribution in [-0.2, 0) is 0 Å². The number of carbonyl (C=O) groups is 2. The Labute approximate surface area is 213 Å². The van der Waals surface area contributed by atoms with Crippen molar-refractivity contribution in [3.05, 3.63) is 78.4 Å². The largest absolute Gasteiger partial charge is 0.496 e. The van der Waals surface area contributed by atoms with Crippen LogP contribution in [0.15, 0.2) is 72.8 Å². The first kappa shape index (κ1) is 26.6. The van der Waals surface area contributed by atoms with Crippen molar-refractivity contribution in [1.29, 1.82) is 0 Å². The molecule has 0 aliphatic heterocycles. The van der Waals surface area contributed by atoms with E-state index in [-0.39, 0.29) is 5.91 Å². The zero-order valence-electron chi connectivity index (χ0n) is 21.4. The van der Waals surface area contributed by atoms with Gasteiger partial charge in [-0.1, -0.05) is 32.0 Å². The van der Waals surface area contributed by atoms with Gasteiger partial charge in [0.15, 0.2) is 0 Å². The minimum atomic E-state index is -0.391. The number of hydrogen-bond acceptors (Lipinski definition) is 5. The van der Waals surface area contributed by atoms with E-state index in [1.54, 1.807) is 18.2 Å². The highest BCUT2D eigenvalue weighted by atomic mass is 16.5. The number of ether oxygens (including phenoxy) is 1. The third kappa shape index (κ3) is 7.23. The number of amides is 3. The topological polar surface area (TPSA) is 85.9 Å². The van der Waals surface area contributed by atoms with E-state index < -0.39 is 6.03 Å². The predicted octanol–water partition coefficient (Wildman–Crippen LogP) is 5.18. The molecular weight excluding hydrogens is 454 g/mol. The van der Waals surface area contributed by atoms with Crippen molar-refractivity contribution < 1.29 is 14.3 Å². The van der Waals surface area contributed by atoms with Gasteiger partial charge in [-0.3, -0.25) is 4.79 Å². The highest BCUT2D eigenvalue weighted by Gasteiger charge is 2.14. The lowest BCUT2D eigenvalue weighted by Crippen LogP contribution is -2.34. The van der Waals surface area contributed by atoms with Crippen molar-refractivity contribution in [2.24, 2.45) is 0 Å². The van der Waals surface area contributed by atoms with Gasteiger partial charge in [0.1, 0.15) is 5.75 Å². The monoisotopic (exact) mass is 489 g/mol. The van der Waals surface area contributed by atoms with Crippen LogP contribution in [0.2, 0.25) is 0 Å². The summed E-state index contributed by atoms with van der Waals surface area (Å²) in [5.74, 6) is 0.178. The third-order valence-corrected chi connectivity index (χ3v) is 5.97. The van der Waals surface area contributed by atoms with Crippen LogP contribution in [0.25, 0.3) is 0 Å². The van der Waals surface area contributed by atoms with Crippen molar-refractivity contribution in [2.75, 3.05) is 55.9 Å². The van der Waals surface area contributed by atoms with Gasteiger partial charge in [-0.25, -0.2) is 4.79 Å². The van der Waals surface area contributed by atoms with E-state index in [2.05, 4.69) is 39.6 Å². The highest BCUT2D eigenvalue weighted by Crippen LogP contribution is 2.25. The predicted molar refractivity (Wildman–Crippen MR) is 147 cm³/mol. The number of anilines is 4. The number of carbonyl (C=O) groups excluding carboxylic acids is 2. The van der Waals surface area contributed by atoms with Crippen LogP contribution in [0.1, 0.15) is 24.2 Å². The number of para-hydroxylation sites is 1. The standard InChI is InChI=1S/C28H35N5O3/c1-5-33(6-2)19-18-29-27(34)25-17-14-22(20-26(25)36-4)31-28(35)30-21-12-15-24(16-13-21)32(3)23-10-8-7-9-11-23/h7-17,20H,5-6,18-19H2,1-4H3,(H,29,34)(H2,30,31,35). The van der Waals surface area contributed by atoms with Gasteiger partial charge in [-0.05, 0) is 61.6 Å². The first-order valence-electron chi connectivity index (χ1n) is 12.1. The molecule has 3 aromatic carbocycles. The second-order valence-corrected chi connectivity index (χ2v) is 8.22. The molecule has 0 aromatic heterocycles. The Morgan fingerprint density at radius 3 is 2.08 bits per heavy atom. The van der Waals surface area contributed by atoms with Crippen LogP contribution in [0, 0.1) is 0 Å². The van der Waals surface area contributed by atoms with Crippen molar-refractivity contribution in [1.82, 2.24) is 10.2 Å². The van der Waals surface area contributed by atoms with Gasteiger partial charge < -0.3 is 30.5 Å². The molecule has 0 saturated heterocycles. The van der Waals surface area contributed by atoms with Crippen molar-refractivity contribution in [3.63, 3.8) is 0 Å². The highest BCUT2D eigenvalue weighted by molar-refractivity contribution is 6.01. The van der Waals surface area contributed by atoms with Crippen LogP contribution in [0.5, 0.6) is 5.75 Å². The van der Waals surface area contributed by atoms with E-state index in [9.17, 15) is 9.59 Å². The number of likely N-dealkylation sites (N-methyl/N-ethyl adjacent to an activating group) is 1. The van der Waals surface area contributed by atoms with Gasteiger partial charge in [-0.15, -0.1) is 0 Å². The Kier molecular flexibility index (Phi) is 9.71. The Balaban J connectivity index is 1.57. The number of nitrogens with one attached hydrogen (secondary N) is 3. The minimum absolute atomic E-state index is 0.212. The van der Waals surface area contributed by atoms with Gasteiger partial charge >= 0.3 is 6.03 Å². The average Bonchev–Trinajstić information content (AvgIpc) is 2.91. The molecule has 3 amide bonds. The molecule has 8 nitrogen and oxygen atoms in total. The van der Waals surface area contributed by atoms with Crippen molar-refractivity contribution in [2.45, 2.75) is 13.8 Å². The molecule has 0 aliphatic carbocycles. The number of urea groups is 1. The number of benzene rings is 3. The maximum Gasteiger partial charge on any atom is 0.323 e. The lowest BCUT2D eigenvalue weighted by molar-refractivity contribution is 0.0946. The van der Waals surface area contributed by atoms with Crippen LogP contribution in [0.3, 0.4) is 0 Å².